The Morgan fingerprint density at radius 1 is 0.973 bits per heavy atom. The van der Waals surface area contributed by atoms with E-state index in [2.05, 4.69) is 22.1 Å². The number of pyridine rings is 1. The van der Waals surface area contributed by atoms with Crippen molar-refractivity contribution >= 4 is 28.5 Å². The Hall–Kier alpha value is -4.98. The van der Waals surface area contributed by atoms with E-state index in [1.807, 2.05) is 24.3 Å². The predicted octanol–water partition coefficient (Wildman–Crippen LogP) is 6.89. The summed E-state index contributed by atoms with van der Waals surface area (Å²) in [7, 11) is 1.30. The van der Waals surface area contributed by atoms with Crippen molar-refractivity contribution in [2.75, 3.05) is 7.11 Å². The van der Waals surface area contributed by atoms with Gasteiger partial charge in [0, 0.05) is 45.0 Å². The van der Waals surface area contributed by atoms with E-state index in [9.17, 15) is 19.7 Å². The maximum absolute atomic E-state index is 14.4. The van der Waals surface area contributed by atoms with Crippen molar-refractivity contribution in [1.29, 1.82) is 10.5 Å². The van der Waals surface area contributed by atoms with Gasteiger partial charge in [-0.3, -0.25) is 4.98 Å². The Labute approximate surface area is 216 Å². The Kier molecular flexibility index (Phi) is 6.15. The van der Waals surface area contributed by atoms with Crippen molar-refractivity contribution in [3.05, 3.63) is 101 Å². The van der Waals surface area contributed by atoms with Gasteiger partial charge < -0.3 is 9.72 Å². The molecule has 0 unspecified atom stereocenters. The molecule has 3 aromatic carbocycles. The van der Waals surface area contributed by atoms with E-state index >= 15 is 0 Å². The van der Waals surface area contributed by atoms with Crippen molar-refractivity contribution in [2.24, 2.45) is 0 Å². The Morgan fingerprint density at radius 3 is 2.38 bits per heavy atom. The fourth-order valence-corrected chi connectivity index (χ4v) is 4.67. The molecule has 5 rings (SSSR count). The van der Waals surface area contributed by atoms with E-state index in [4.69, 9.17) is 16.3 Å². The molecule has 0 saturated heterocycles. The smallest absolute Gasteiger partial charge is 0.337 e. The van der Waals surface area contributed by atoms with E-state index in [1.54, 1.807) is 24.3 Å². The SMILES string of the molecule is COC(=O)c1ccc(-c2cccc(-c3[nH]c4ccc(F)cc4c3-c3c(C#N)cncc3C#N)c2)c(Cl)c1. The van der Waals surface area contributed by atoms with Gasteiger partial charge in [0.1, 0.15) is 18.0 Å². The van der Waals surface area contributed by atoms with E-state index in [-0.39, 0.29) is 11.1 Å². The molecule has 0 aliphatic rings. The van der Waals surface area contributed by atoms with Crippen LogP contribution in [0.25, 0.3) is 44.4 Å². The average Bonchev–Trinajstić information content (AvgIpc) is 3.30. The van der Waals surface area contributed by atoms with Crippen LogP contribution in [0.15, 0.2) is 73.1 Å². The number of hydrogen-bond acceptors (Lipinski definition) is 5. The molecule has 2 aromatic heterocycles. The molecule has 0 spiro atoms. The molecular formula is C29H16ClFN4O2. The van der Waals surface area contributed by atoms with E-state index in [0.717, 1.165) is 11.1 Å². The number of rotatable bonds is 4. The normalized spacial score (nSPS) is 10.6. The number of carbonyl (C=O) groups is 1. The van der Waals surface area contributed by atoms with Crippen LogP contribution in [0.2, 0.25) is 5.02 Å². The van der Waals surface area contributed by atoms with Crippen LogP contribution in [-0.4, -0.2) is 23.0 Å². The molecule has 8 heteroatoms. The first-order chi connectivity index (χ1) is 17.9. The molecule has 0 radical (unpaired) electrons. The number of halogens is 2. The molecule has 0 amide bonds. The highest BCUT2D eigenvalue weighted by Crippen LogP contribution is 2.42. The van der Waals surface area contributed by atoms with E-state index in [1.165, 1.54) is 31.6 Å². The monoisotopic (exact) mass is 506 g/mol. The van der Waals surface area contributed by atoms with Crippen molar-refractivity contribution in [3.8, 4) is 45.6 Å². The maximum atomic E-state index is 14.4. The second-order valence-corrected chi connectivity index (χ2v) is 8.57. The number of nitrogens with zero attached hydrogens (tertiary/aromatic N) is 3. The standard InChI is InChI=1S/C29H16ClFN4O2/c1-37-29(36)18-5-7-22(24(30)10-18)16-3-2-4-17(9-16)28-27(23-11-21(31)6-8-25(23)35-28)26-19(12-32)14-34-15-20(26)13-33/h2-11,14-15,35H,1H3. The summed E-state index contributed by atoms with van der Waals surface area (Å²) in [5.74, 6) is -0.937. The van der Waals surface area contributed by atoms with Crippen molar-refractivity contribution in [2.45, 2.75) is 0 Å². The van der Waals surface area contributed by atoms with Gasteiger partial charge in [0.2, 0.25) is 0 Å². The molecule has 0 saturated carbocycles. The number of nitriles is 2. The highest BCUT2D eigenvalue weighted by atomic mass is 35.5. The quantitative estimate of drug-likeness (QED) is 0.267. The van der Waals surface area contributed by atoms with Crippen LogP contribution in [0.4, 0.5) is 4.39 Å². The summed E-state index contributed by atoms with van der Waals surface area (Å²) in [6.07, 6.45) is 2.77. The second kappa shape index (κ2) is 9.58. The summed E-state index contributed by atoms with van der Waals surface area (Å²) < 4.78 is 19.1. The molecule has 2 heterocycles. The third kappa shape index (κ3) is 4.18. The van der Waals surface area contributed by atoms with Crippen LogP contribution in [-0.2, 0) is 4.74 Å². The maximum Gasteiger partial charge on any atom is 0.337 e. The topological polar surface area (TPSA) is 103 Å². The van der Waals surface area contributed by atoms with Gasteiger partial charge in [0.05, 0.1) is 29.5 Å². The fraction of sp³-hybridized carbons (Fsp3) is 0.0345. The number of aromatic nitrogens is 2. The second-order valence-electron chi connectivity index (χ2n) is 8.17. The van der Waals surface area contributed by atoms with Gasteiger partial charge >= 0.3 is 5.97 Å². The summed E-state index contributed by atoms with van der Waals surface area (Å²) in [6.45, 7) is 0. The molecule has 1 N–H and O–H groups in total. The first-order valence-electron chi connectivity index (χ1n) is 11.0. The number of benzene rings is 3. The number of aromatic amines is 1. The molecule has 6 nitrogen and oxygen atoms in total. The minimum atomic E-state index is -0.490. The zero-order valence-corrected chi connectivity index (χ0v) is 20.1. The number of fused-ring (bicyclic) bond motifs is 1. The van der Waals surface area contributed by atoms with Gasteiger partial charge in [0.15, 0.2) is 0 Å². The first kappa shape index (κ1) is 23.7. The number of methoxy groups -OCH3 is 1. The van der Waals surface area contributed by atoms with Gasteiger partial charge in [-0.25, -0.2) is 9.18 Å². The molecule has 0 aliphatic carbocycles. The third-order valence-corrected chi connectivity index (χ3v) is 6.36. The van der Waals surface area contributed by atoms with Gasteiger partial charge in [0.25, 0.3) is 0 Å². The number of H-pyrrole nitrogens is 1. The lowest BCUT2D eigenvalue weighted by atomic mass is 9.92. The number of esters is 1. The predicted molar refractivity (Wildman–Crippen MR) is 138 cm³/mol. The molecule has 0 bridgehead atoms. The summed E-state index contributed by atoms with van der Waals surface area (Å²) in [5, 5.41) is 20.5. The molecule has 5 aromatic rings. The molecular weight excluding hydrogens is 491 g/mol. The van der Waals surface area contributed by atoms with Gasteiger partial charge in [-0.05, 0) is 47.5 Å². The number of carbonyl (C=O) groups excluding carboxylic acids is 1. The lowest BCUT2D eigenvalue weighted by Gasteiger charge is -2.11. The first-order valence-corrected chi connectivity index (χ1v) is 11.4. The Morgan fingerprint density at radius 2 is 1.70 bits per heavy atom. The van der Waals surface area contributed by atoms with Crippen LogP contribution in [0.1, 0.15) is 21.5 Å². The van der Waals surface area contributed by atoms with Crippen LogP contribution in [0.3, 0.4) is 0 Å². The van der Waals surface area contributed by atoms with Crippen LogP contribution in [0.5, 0.6) is 0 Å². The lowest BCUT2D eigenvalue weighted by molar-refractivity contribution is 0.0600. The highest BCUT2D eigenvalue weighted by Gasteiger charge is 2.22. The summed E-state index contributed by atoms with van der Waals surface area (Å²) in [5.41, 5.74) is 5.05. The minimum absolute atomic E-state index is 0.197. The molecule has 37 heavy (non-hydrogen) atoms. The zero-order chi connectivity index (χ0) is 26.1. The number of nitrogens with one attached hydrogen (secondary N) is 1. The molecule has 0 aliphatic heterocycles. The third-order valence-electron chi connectivity index (χ3n) is 6.05. The summed E-state index contributed by atoms with van der Waals surface area (Å²) >= 11 is 6.51. The summed E-state index contributed by atoms with van der Waals surface area (Å²) in [6, 6.07) is 20.9. The number of hydrogen-bond donors (Lipinski definition) is 1. The Balaban J connectivity index is 1.76. The van der Waals surface area contributed by atoms with Crippen molar-refractivity contribution < 1.29 is 13.9 Å². The summed E-state index contributed by atoms with van der Waals surface area (Å²) in [4.78, 5) is 19.2. The van der Waals surface area contributed by atoms with Crippen LogP contribution in [0, 0.1) is 28.5 Å². The van der Waals surface area contributed by atoms with Crippen LogP contribution < -0.4 is 0 Å². The lowest BCUT2D eigenvalue weighted by Crippen LogP contribution is -2.00. The molecule has 0 atom stereocenters. The average molecular weight is 507 g/mol. The Bertz CT molecular complexity index is 1760. The highest BCUT2D eigenvalue weighted by molar-refractivity contribution is 6.33. The van der Waals surface area contributed by atoms with E-state index in [0.29, 0.717) is 43.9 Å². The van der Waals surface area contributed by atoms with Gasteiger partial charge in [-0.1, -0.05) is 35.9 Å². The van der Waals surface area contributed by atoms with Crippen molar-refractivity contribution in [1.82, 2.24) is 9.97 Å². The molecule has 0 fully saturated rings. The largest absolute Gasteiger partial charge is 0.465 e. The number of ether oxygens (including phenoxy) is 1. The molecule has 178 valence electrons. The van der Waals surface area contributed by atoms with Gasteiger partial charge in [-0.15, -0.1) is 0 Å². The van der Waals surface area contributed by atoms with E-state index < -0.39 is 11.8 Å². The fourth-order valence-electron chi connectivity index (χ4n) is 4.38. The van der Waals surface area contributed by atoms with Crippen molar-refractivity contribution in [3.63, 3.8) is 0 Å². The van der Waals surface area contributed by atoms with Gasteiger partial charge in [-0.2, -0.15) is 10.5 Å². The van der Waals surface area contributed by atoms with Crippen LogP contribution >= 0.6 is 11.6 Å². The minimum Gasteiger partial charge on any atom is -0.465 e. The zero-order valence-electron chi connectivity index (χ0n) is 19.3.